The number of aromatic nitrogens is 2. The van der Waals surface area contributed by atoms with Crippen molar-refractivity contribution < 1.29 is 22.2 Å². The van der Waals surface area contributed by atoms with Gasteiger partial charge < -0.3 is 15.4 Å². The zero-order valence-electron chi connectivity index (χ0n) is 14.0. The van der Waals surface area contributed by atoms with Crippen LogP contribution in [0.25, 0.3) is 0 Å². The van der Waals surface area contributed by atoms with E-state index in [1.54, 1.807) is 0 Å². The molecule has 1 aromatic carbocycles. The van der Waals surface area contributed by atoms with Crippen LogP contribution in [-0.2, 0) is 14.9 Å². The summed E-state index contributed by atoms with van der Waals surface area (Å²) in [6.45, 7) is 0.0875. The number of amidine groups is 1. The van der Waals surface area contributed by atoms with Crippen molar-refractivity contribution in [3.63, 3.8) is 0 Å². The Kier molecular flexibility index (Phi) is 7.20. The topological polar surface area (TPSA) is 168 Å². The molecule has 0 radical (unpaired) electrons. The molecule has 6 N–H and O–H groups in total. The maximum Gasteiger partial charge on any atom is 0.274 e. The number of ether oxygens (including phenoxy) is 1. The van der Waals surface area contributed by atoms with Crippen LogP contribution in [0.1, 0.15) is 5.69 Å². The molecule has 148 valence electrons. The number of hydrogen-bond donors (Lipinski definition) is 5. The van der Waals surface area contributed by atoms with Crippen LogP contribution in [0.5, 0.6) is 0 Å². The fourth-order valence-corrected chi connectivity index (χ4v) is 3.03. The molecule has 1 aromatic heterocycles. The van der Waals surface area contributed by atoms with Crippen LogP contribution in [-0.4, -0.2) is 50.9 Å². The molecule has 14 heteroatoms. The van der Waals surface area contributed by atoms with Gasteiger partial charge in [-0.2, -0.15) is 13.1 Å². The van der Waals surface area contributed by atoms with Crippen molar-refractivity contribution in [3.8, 4) is 0 Å². The highest BCUT2D eigenvalue weighted by Crippen LogP contribution is 2.21. The van der Waals surface area contributed by atoms with Gasteiger partial charge >= 0.3 is 0 Å². The molecule has 1 unspecified atom stereocenters. The average molecular weight is 466 g/mol. The largest absolute Gasteiger partial charge is 0.383 e. The summed E-state index contributed by atoms with van der Waals surface area (Å²) in [6, 6.07) is 3.44. The first-order valence-corrected chi connectivity index (χ1v) is 9.70. The summed E-state index contributed by atoms with van der Waals surface area (Å²) >= 11 is 3.06. The first-order valence-electron chi connectivity index (χ1n) is 7.36. The molecule has 0 saturated carbocycles. The number of nitrogens with one attached hydrogen (secondary N) is 4. The van der Waals surface area contributed by atoms with Gasteiger partial charge in [0, 0.05) is 19.3 Å². The molecule has 0 aliphatic carbocycles. The van der Waals surface area contributed by atoms with Crippen molar-refractivity contribution in [3.05, 3.63) is 34.2 Å². The summed E-state index contributed by atoms with van der Waals surface area (Å²) in [4.78, 5) is 0. The van der Waals surface area contributed by atoms with Gasteiger partial charge in [-0.3, -0.25) is 5.41 Å². The normalized spacial score (nSPS) is 12.6. The van der Waals surface area contributed by atoms with E-state index in [1.807, 2.05) is 0 Å². The zero-order chi connectivity index (χ0) is 20.0. The second-order valence-electron chi connectivity index (χ2n) is 5.29. The average Bonchev–Trinajstić information content (AvgIpc) is 3.03. The van der Waals surface area contributed by atoms with Crippen LogP contribution < -0.4 is 20.5 Å². The Morgan fingerprint density at radius 2 is 2.22 bits per heavy atom. The third-order valence-corrected chi connectivity index (χ3v) is 4.40. The Morgan fingerprint density at radius 1 is 1.48 bits per heavy atom. The molecule has 0 bridgehead atoms. The summed E-state index contributed by atoms with van der Waals surface area (Å²) < 4.78 is 47.6. The van der Waals surface area contributed by atoms with Crippen LogP contribution in [0.2, 0.25) is 0 Å². The van der Waals surface area contributed by atoms with Crippen molar-refractivity contribution >= 4 is 43.5 Å². The van der Waals surface area contributed by atoms with Gasteiger partial charge in [-0.1, -0.05) is 0 Å². The van der Waals surface area contributed by atoms with E-state index in [2.05, 4.69) is 46.2 Å². The first kappa shape index (κ1) is 21.2. The smallest absolute Gasteiger partial charge is 0.274 e. The lowest BCUT2D eigenvalue weighted by Crippen LogP contribution is -2.45. The van der Waals surface area contributed by atoms with E-state index in [9.17, 15) is 12.8 Å². The highest BCUT2D eigenvalue weighted by molar-refractivity contribution is 9.10. The molecule has 0 amide bonds. The molecule has 2 rings (SSSR count). The maximum atomic E-state index is 13.3. The van der Waals surface area contributed by atoms with E-state index in [-0.39, 0.29) is 35.0 Å². The molecule has 0 saturated heterocycles. The molecular weight excluding hydrogens is 449 g/mol. The number of halogens is 2. The van der Waals surface area contributed by atoms with Gasteiger partial charge in [0.15, 0.2) is 11.5 Å². The van der Waals surface area contributed by atoms with E-state index in [4.69, 9.17) is 15.3 Å². The van der Waals surface area contributed by atoms with Gasteiger partial charge in [-0.25, -0.2) is 14.2 Å². The van der Waals surface area contributed by atoms with E-state index in [0.717, 1.165) is 0 Å². The van der Waals surface area contributed by atoms with E-state index in [1.165, 1.54) is 25.3 Å². The number of methoxy groups -OCH3 is 1. The molecule has 0 spiro atoms. The Labute approximate surface area is 162 Å². The Hall–Kier alpha value is -2.13. The van der Waals surface area contributed by atoms with Crippen LogP contribution in [0, 0.1) is 11.2 Å². The second kappa shape index (κ2) is 9.18. The van der Waals surface area contributed by atoms with Crippen molar-refractivity contribution in [2.45, 2.75) is 6.04 Å². The third-order valence-electron chi connectivity index (χ3n) is 3.13. The number of anilines is 2. The minimum Gasteiger partial charge on any atom is -0.383 e. The predicted molar refractivity (Wildman–Crippen MR) is 99.2 cm³/mol. The van der Waals surface area contributed by atoms with Gasteiger partial charge in [0.1, 0.15) is 5.82 Å². The van der Waals surface area contributed by atoms with E-state index < -0.39 is 22.1 Å². The molecule has 1 heterocycles. The third kappa shape index (κ3) is 6.51. The molecule has 0 fully saturated rings. The van der Waals surface area contributed by atoms with E-state index >= 15 is 0 Å². The number of hydrogen-bond acceptors (Lipinski definition) is 8. The minimum atomic E-state index is -3.93. The van der Waals surface area contributed by atoms with Crippen molar-refractivity contribution in [1.82, 2.24) is 15.0 Å². The van der Waals surface area contributed by atoms with Gasteiger partial charge in [0.05, 0.1) is 17.1 Å². The number of nitrogens with zero attached hydrogens (tertiary/aromatic N) is 2. The Bertz CT molecular complexity index is 908. The van der Waals surface area contributed by atoms with E-state index in [0.29, 0.717) is 5.69 Å². The predicted octanol–water partition coefficient (Wildman–Crippen LogP) is 0.629. The molecule has 0 aliphatic rings. The standard InChI is InChI=1S/C13H17BrFN7O4S/c1-25-6-8(22-27(17,23)24)5-18-13-11(20-26-21-13)12(16)19-7-2-3-10(15)9(14)4-7/h2-4,8,22H,5-6H2,1H3,(H2,16,19)(H,18,21)(H2,17,23,24). The molecular formula is C13H17BrFN7O4S. The monoisotopic (exact) mass is 465 g/mol. The zero-order valence-corrected chi connectivity index (χ0v) is 16.4. The molecule has 0 aliphatic heterocycles. The summed E-state index contributed by atoms with van der Waals surface area (Å²) in [7, 11) is -2.53. The van der Waals surface area contributed by atoms with Crippen LogP contribution in [0.3, 0.4) is 0 Å². The van der Waals surface area contributed by atoms with Gasteiger partial charge in [0.25, 0.3) is 10.2 Å². The van der Waals surface area contributed by atoms with Crippen LogP contribution in [0.15, 0.2) is 27.3 Å². The molecule has 11 nitrogen and oxygen atoms in total. The molecule has 1 atom stereocenters. The lowest BCUT2D eigenvalue weighted by atomic mass is 10.3. The second-order valence-corrected chi connectivity index (χ2v) is 7.47. The van der Waals surface area contributed by atoms with Crippen LogP contribution >= 0.6 is 15.9 Å². The number of rotatable bonds is 9. The van der Waals surface area contributed by atoms with Crippen molar-refractivity contribution in [2.24, 2.45) is 5.14 Å². The van der Waals surface area contributed by atoms with Gasteiger partial charge in [-0.05, 0) is 44.4 Å². The van der Waals surface area contributed by atoms with Gasteiger partial charge in [-0.15, -0.1) is 0 Å². The Morgan fingerprint density at radius 3 is 2.85 bits per heavy atom. The summed E-state index contributed by atoms with van der Waals surface area (Å²) in [5, 5.41) is 25.9. The quantitative estimate of drug-likeness (QED) is 0.265. The molecule has 2 aromatic rings. The number of nitrogens with two attached hydrogens (primary N) is 1. The summed E-state index contributed by atoms with van der Waals surface area (Å²) in [5.74, 6) is -0.505. The Balaban J connectivity index is 2.05. The highest BCUT2D eigenvalue weighted by Gasteiger charge is 2.19. The SMILES string of the molecule is COCC(CNc1nonc1C(=N)Nc1ccc(F)c(Br)c1)NS(N)(=O)=O. The van der Waals surface area contributed by atoms with Gasteiger partial charge in [0.2, 0.25) is 5.82 Å². The highest BCUT2D eigenvalue weighted by atomic mass is 79.9. The minimum absolute atomic E-state index is 0.0425. The van der Waals surface area contributed by atoms with Crippen molar-refractivity contribution in [2.75, 3.05) is 30.9 Å². The fourth-order valence-electron chi connectivity index (χ4n) is 2.03. The first-order chi connectivity index (χ1) is 12.7. The number of benzene rings is 1. The van der Waals surface area contributed by atoms with Crippen LogP contribution in [0.4, 0.5) is 15.9 Å². The summed E-state index contributed by atoms with van der Waals surface area (Å²) in [5.41, 5.74) is 0.484. The summed E-state index contributed by atoms with van der Waals surface area (Å²) in [6.07, 6.45) is 0. The lowest BCUT2D eigenvalue weighted by molar-refractivity contribution is 0.178. The lowest BCUT2D eigenvalue weighted by Gasteiger charge is -2.16. The molecule has 27 heavy (non-hydrogen) atoms. The van der Waals surface area contributed by atoms with Crippen molar-refractivity contribution in [1.29, 1.82) is 5.41 Å². The fraction of sp³-hybridized carbons (Fsp3) is 0.308. The maximum absolute atomic E-state index is 13.3.